The number of hydrogen-bond donors (Lipinski definition) is 0. The lowest BCUT2D eigenvalue weighted by Crippen LogP contribution is -2.30. The molecule has 27 heavy (non-hydrogen) atoms. The van der Waals surface area contributed by atoms with Crippen molar-refractivity contribution in [1.82, 2.24) is 4.98 Å². The third kappa shape index (κ3) is 2.51. The van der Waals surface area contributed by atoms with E-state index in [1.54, 1.807) is 0 Å². The van der Waals surface area contributed by atoms with Gasteiger partial charge < -0.3 is 4.42 Å². The summed E-state index contributed by atoms with van der Waals surface area (Å²) >= 11 is 0. The highest BCUT2D eigenvalue weighted by Crippen LogP contribution is 2.37. The van der Waals surface area contributed by atoms with Gasteiger partial charge in [0.05, 0.1) is 11.3 Å². The lowest BCUT2D eigenvalue weighted by atomic mass is 9.99. The van der Waals surface area contributed by atoms with E-state index in [9.17, 15) is 0 Å². The Bertz CT molecular complexity index is 1290. The van der Waals surface area contributed by atoms with E-state index in [4.69, 9.17) is 4.42 Å². The van der Waals surface area contributed by atoms with E-state index in [2.05, 4.69) is 66.1 Å². The molecule has 0 atom stereocenters. The monoisotopic (exact) mass is 351 g/mol. The highest BCUT2D eigenvalue weighted by atomic mass is 16.3. The van der Waals surface area contributed by atoms with Gasteiger partial charge in [-0.05, 0) is 30.7 Å². The van der Waals surface area contributed by atoms with Gasteiger partial charge in [0.2, 0.25) is 5.69 Å². The molecule has 0 saturated carbocycles. The van der Waals surface area contributed by atoms with Crippen LogP contribution in [0.1, 0.15) is 5.56 Å². The molecule has 5 rings (SSSR count). The summed E-state index contributed by atoms with van der Waals surface area (Å²) in [5, 5.41) is 2.30. The Morgan fingerprint density at radius 1 is 0.889 bits per heavy atom. The summed E-state index contributed by atoms with van der Waals surface area (Å²) in [6.07, 6.45) is 3.91. The molecule has 0 radical (unpaired) electrons. The predicted octanol–water partition coefficient (Wildman–Crippen LogP) is 5.45. The minimum atomic E-state index is 0.919. The van der Waals surface area contributed by atoms with E-state index in [1.807, 2.05) is 36.5 Å². The first kappa shape index (κ1) is 15.8. The zero-order valence-electron chi connectivity index (χ0n) is 15.3. The topological polar surface area (TPSA) is 29.9 Å². The van der Waals surface area contributed by atoms with Crippen molar-refractivity contribution < 1.29 is 8.98 Å². The van der Waals surface area contributed by atoms with Gasteiger partial charge in [0, 0.05) is 34.7 Å². The number of aryl methyl sites for hydroxylation is 2. The molecule has 0 bridgehead atoms. The summed E-state index contributed by atoms with van der Waals surface area (Å²) in [5.74, 6) is 0. The standard InChI is InChI=1S/C24H19N2O/c1-16-10-11-19-18-7-3-4-9-22(18)27-24(19)23(16)21-15-17(12-14-26(21)2)20-8-5-6-13-25-20/h3-15H,1-2H3/q+1. The van der Waals surface area contributed by atoms with E-state index >= 15 is 0 Å². The third-order valence-electron chi connectivity index (χ3n) is 5.12. The maximum Gasteiger partial charge on any atom is 0.217 e. The van der Waals surface area contributed by atoms with Crippen molar-refractivity contribution in [2.75, 3.05) is 0 Å². The van der Waals surface area contributed by atoms with Gasteiger partial charge in [0.1, 0.15) is 18.2 Å². The molecule has 0 aliphatic rings. The first-order chi connectivity index (χ1) is 13.2. The molecule has 3 aromatic heterocycles. The Morgan fingerprint density at radius 2 is 1.74 bits per heavy atom. The van der Waals surface area contributed by atoms with E-state index in [0.717, 1.165) is 44.5 Å². The summed E-state index contributed by atoms with van der Waals surface area (Å²) in [4.78, 5) is 4.50. The van der Waals surface area contributed by atoms with Crippen molar-refractivity contribution in [2.24, 2.45) is 7.05 Å². The number of para-hydroxylation sites is 1. The molecule has 0 fully saturated rings. The minimum absolute atomic E-state index is 0.919. The van der Waals surface area contributed by atoms with Crippen LogP contribution in [0.2, 0.25) is 0 Å². The maximum absolute atomic E-state index is 6.29. The Morgan fingerprint density at radius 3 is 2.59 bits per heavy atom. The van der Waals surface area contributed by atoms with E-state index in [-0.39, 0.29) is 0 Å². The lowest BCUT2D eigenvalue weighted by molar-refractivity contribution is -0.660. The summed E-state index contributed by atoms with van der Waals surface area (Å²) < 4.78 is 8.43. The Hall–Kier alpha value is -3.46. The molecule has 3 heterocycles. The normalized spacial score (nSPS) is 11.3. The van der Waals surface area contributed by atoms with Crippen LogP contribution in [-0.2, 0) is 7.05 Å². The molecule has 0 N–H and O–H groups in total. The van der Waals surface area contributed by atoms with Gasteiger partial charge in [0.25, 0.3) is 0 Å². The lowest BCUT2D eigenvalue weighted by Gasteiger charge is -2.07. The SMILES string of the molecule is Cc1ccc2c(oc3ccccc32)c1-c1cc(-c2ccccn2)cc[n+]1C. The number of fused-ring (bicyclic) bond motifs is 3. The fraction of sp³-hybridized carbons (Fsp3) is 0.0833. The number of hydrogen-bond acceptors (Lipinski definition) is 2. The summed E-state index contributed by atoms with van der Waals surface area (Å²) in [5.41, 5.74) is 7.34. The minimum Gasteiger partial charge on any atom is -0.455 e. The van der Waals surface area contributed by atoms with Crippen LogP contribution in [0.15, 0.2) is 83.5 Å². The molecule has 130 valence electrons. The van der Waals surface area contributed by atoms with Crippen LogP contribution in [-0.4, -0.2) is 4.98 Å². The smallest absolute Gasteiger partial charge is 0.217 e. The van der Waals surface area contributed by atoms with Crippen LogP contribution >= 0.6 is 0 Å². The van der Waals surface area contributed by atoms with Gasteiger partial charge in [-0.25, -0.2) is 4.57 Å². The molecule has 0 saturated heterocycles. The van der Waals surface area contributed by atoms with Gasteiger partial charge in [-0.15, -0.1) is 0 Å². The fourth-order valence-electron chi connectivity index (χ4n) is 3.72. The quantitative estimate of drug-likeness (QED) is 0.396. The van der Waals surface area contributed by atoms with E-state index in [0.29, 0.717) is 0 Å². The van der Waals surface area contributed by atoms with Gasteiger partial charge in [-0.2, -0.15) is 0 Å². The number of nitrogens with zero attached hydrogens (tertiary/aromatic N) is 2. The predicted molar refractivity (Wildman–Crippen MR) is 108 cm³/mol. The second-order valence-electron chi connectivity index (χ2n) is 6.86. The number of benzene rings is 2. The van der Waals surface area contributed by atoms with Crippen LogP contribution in [0.25, 0.3) is 44.5 Å². The highest BCUT2D eigenvalue weighted by molar-refractivity contribution is 6.09. The third-order valence-corrected chi connectivity index (χ3v) is 5.12. The van der Waals surface area contributed by atoms with Crippen molar-refractivity contribution in [3.8, 4) is 22.5 Å². The summed E-state index contributed by atoms with van der Waals surface area (Å²) in [6, 6.07) is 22.8. The number of aromatic nitrogens is 2. The van der Waals surface area contributed by atoms with Crippen molar-refractivity contribution in [3.63, 3.8) is 0 Å². The molecule has 0 spiro atoms. The summed E-state index contributed by atoms with van der Waals surface area (Å²) in [7, 11) is 2.07. The number of pyridine rings is 2. The molecule has 0 aliphatic carbocycles. The van der Waals surface area contributed by atoms with Gasteiger partial charge in [-0.1, -0.05) is 36.4 Å². The number of rotatable bonds is 2. The van der Waals surface area contributed by atoms with E-state index in [1.165, 1.54) is 5.56 Å². The summed E-state index contributed by atoms with van der Waals surface area (Å²) in [6.45, 7) is 2.13. The molecular formula is C24H19N2O+. The first-order valence-electron chi connectivity index (χ1n) is 9.05. The molecule has 0 amide bonds. The zero-order chi connectivity index (χ0) is 18.4. The van der Waals surface area contributed by atoms with Crippen LogP contribution in [0.5, 0.6) is 0 Å². The molecule has 0 unspecified atom stereocenters. The van der Waals surface area contributed by atoms with Crippen molar-refractivity contribution in [1.29, 1.82) is 0 Å². The van der Waals surface area contributed by atoms with Crippen molar-refractivity contribution in [2.45, 2.75) is 6.92 Å². The first-order valence-corrected chi connectivity index (χ1v) is 9.05. The van der Waals surface area contributed by atoms with E-state index < -0.39 is 0 Å². The zero-order valence-corrected chi connectivity index (χ0v) is 15.3. The number of furan rings is 1. The van der Waals surface area contributed by atoms with Crippen molar-refractivity contribution >= 4 is 21.9 Å². The second-order valence-corrected chi connectivity index (χ2v) is 6.86. The average Bonchev–Trinajstić information content (AvgIpc) is 3.08. The highest BCUT2D eigenvalue weighted by Gasteiger charge is 2.21. The molecule has 3 heteroatoms. The Balaban J connectivity index is 1.82. The average molecular weight is 351 g/mol. The Labute approximate surface area is 157 Å². The largest absolute Gasteiger partial charge is 0.455 e. The molecular weight excluding hydrogens is 332 g/mol. The van der Waals surface area contributed by atoms with Crippen LogP contribution < -0.4 is 4.57 Å². The van der Waals surface area contributed by atoms with Crippen LogP contribution in [0.3, 0.4) is 0 Å². The fourth-order valence-corrected chi connectivity index (χ4v) is 3.72. The molecule has 5 aromatic rings. The van der Waals surface area contributed by atoms with Gasteiger partial charge >= 0.3 is 0 Å². The molecule has 2 aromatic carbocycles. The van der Waals surface area contributed by atoms with Crippen molar-refractivity contribution in [3.05, 3.63) is 84.7 Å². The van der Waals surface area contributed by atoms with Gasteiger partial charge in [0.15, 0.2) is 6.20 Å². The molecule has 3 nitrogen and oxygen atoms in total. The van der Waals surface area contributed by atoms with Crippen LogP contribution in [0, 0.1) is 6.92 Å². The van der Waals surface area contributed by atoms with Crippen LogP contribution in [0.4, 0.5) is 0 Å². The Kier molecular flexibility index (Phi) is 3.54. The second kappa shape index (κ2) is 6.06. The molecule has 0 aliphatic heterocycles. The van der Waals surface area contributed by atoms with Gasteiger partial charge in [-0.3, -0.25) is 4.98 Å². The maximum atomic E-state index is 6.29.